The number of hydrogen-bond acceptors (Lipinski definition) is 5. The predicted octanol–water partition coefficient (Wildman–Crippen LogP) is 0.126. The second-order valence-electron chi connectivity index (χ2n) is 4.46. The van der Waals surface area contributed by atoms with E-state index in [0.29, 0.717) is 0 Å². The standard InChI is InChI=1S/C11H18F3N2O4S/c1-15-10(16(2)19-3)21-8-4-6(17)9(18)7(20-8)5-11(12,13)14/h6-9,17-18H,1,4-5H2,2-3H3/q+1. The van der Waals surface area contributed by atoms with Crippen molar-refractivity contribution in [3.63, 3.8) is 0 Å². The monoisotopic (exact) mass is 331 g/mol. The van der Waals surface area contributed by atoms with E-state index in [4.69, 9.17) is 9.57 Å². The van der Waals surface area contributed by atoms with Crippen LogP contribution in [0.2, 0.25) is 0 Å². The summed E-state index contributed by atoms with van der Waals surface area (Å²) in [5.74, 6) is 0. The Labute approximate surface area is 124 Å². The average Bonchev–Trinajstić information content (AvgIpc) is 2.39. The molecule has 1 heterocycles. The maximum Gasteiger partial charge on any atom is 0.437 e. The Kier molecular flexibility index (Phi) is 6.51. The molecule has 4 atom stereocenters. The van der Waals surface area contributed by atoms with Crippen molar-refractivity contribution in [1.82, 2.24) is 9.73 Å². The zero-order valence-electron chi connectivity index (χ0n) is 11.6. The minimum atomic E-state index is -4.50. The summed E-state index contributed by atoms with van der Waals surface area (Å²) < 4.78 is 46.2. The molecule has 1 fully saturated rings. The number of rotatable bonds is 3. The first-order chi connectivity index (χ1) is 9.67. The van der Waals surface area contributed by atoms with Crippen LogP contribution in [0, 0.1) is 0 Å². The summed E-state index contributed by atoms with van der Waals surface area (Å²) in [5, 5.41) is 20.8. The number of hydroxylamine groups is 2. The molecule has 0 bridgehead atoms. The van der Waals surface area contributed by atoms with Crippen LogP contribution in [-0.4, -0.2) is 71.2 Å². The summed E-state index contributed by atoms with van der Waals surface area (Å²) in [7, 11) is 2.93. The molecular formula is C11H18F3N2O4S+. The molecule has 1 saturated heterocycles. The first-order valence-corrected chi connectivity index (χ1v) is 6.92. The van der Waals surface area contributed by atoms with Gasteiger partial charge in [-0.3, -0.25) is 0 Å². The number of thioether (sulfide) groups is 1. The van der Waals surface area contributed by atoms with Crippen LogP contribution in [-0.2, 0) is 9.57 Å². The van der Waals surface area contributed by atoms with Gasteiger partial charge in [0.2, 0.25) is 0 Å². The number of aliphatic hydroxyl groups is 2. The van der Waals surface area contributed by atoms with Crippen LogP contribution in [0.5, 0.6) is 0 Å². The van der Waals surface area contributed by atoms with Crippen LogP contribution in [0.15, 0.2) is 0 Å². The third kappa shape index (κ3) is 5.50. The fraction of sp³-hybridized carbons (Fsp3) is 0.818. The smallest absolute Gasteiger partial charge is 0.390 e. The van der Waals surface area contributed by atoms with Crippen molar-refractivity contribution in [1.29, 1.82) is 0 Å². The summed E-state index contributed by atoms with van der Waals surface area (Å²) in [6.45, 7) is 3.33. The van der Waals surface area contributed by atoms with Crippen LogP contribution < -0.4 is 4.67 Å². The highest BCUT2D eigenvalue weighted by Gasteiger charge is 2.44. The topological polar surface area (TPSA) is 76.3 Å². The Morgan fingerprint density at radius 3 is 2.62 bits per heavy atom. The second-order valence-corrected chi connectivity index (χ2v) is 5.58. The van der Waals surface area contributed by atoms with Crippen molar-refractivity contribution in [3.05, 3.63) is 0 Å². The summed E-state index contributed by atoms with van der Waals surface area (Å²) >= 11 is 0.962. The van der Waals surface area contributed by atoms with Gasteiger partial charge in [-0.15, -0.1) is 5.06 Å². The lowest BCUT2D eigenvalue weighted by atomic mass is 10.00. The Bertz CT molecular complexity index is 403. The number of amidine groups is 1. The molecule has 0 saturated carbocycles. The Morgan fingerprint density at radius 1 is 1.52 bits per heavy atom. The van der Waals surface area contributed by atoms with Crippen LogP contribution in [0.1, 0.15) is 12.8 Å². The molecule has 0 radical (unpaired) electrons. The fourth-order valence-electron chi connectivity index (χ4n) is 1.79. The number of alkyl halides is 3. The van der Waals surface area contributed by atoms with Gasteiger partial charge in [-0.2, -0.15) is 18.0 Å². The van der Waals surface area contributed by atoms with Gasteiger partial charge < -0.3 is 14.9 Å². The quantitative estimate of drug-likeness (QED) is 0.331. The first-order valence-electron chi connectivity index (χ1n) is 6.04. The molecule has 0 aromatic rings. The highest BCUT2D eigenvalue weighted by Crippen LogP contribution is 2.34. The number of hydrogen-bond donors (Lipinski definition) is 2. The maximum atomic E-state index is 12.4. The number of halogens is 3. The minimum absolute atomic E-state index is 0.0310. The van der Waals surface area contributed by atoms with Gasteiger partial charge in [-0.05, 0) is 0 Å². The normalized spacial score (nSPS) is 29.9. The van der Waals surface area contributed by atoms with Gasteiger partial charge in [0.1, 0.15) is 18.6 Å². The Morgan fingerprint density at radius 2 is 2.14 bits per heavy atom. The molecule has 2 N–H and O–H groups in total. The molecular weight excluding hydrogens is 313 g/mol. The van der Waals surface area contributed by atoms with Crippen molar-refractivity contribution >= 4 is 23.6 Å². The molecule has 1 rings (SSSR count). The van der Waals surface area contributed by atoms with E-state index in [1.54, 1.807) is 0 Å². The number of nitrogens with zero attached hydrogens (tertiary/aromatic N) is 2. The van der Waals surface area contributed by atoms with E-state index in [2.05, 4.69) is 11.4 Å². The van der Waals surface area contributed by atoms with Gasteiger partial charge in [-0.25, -0.2) is 4.67 Å². The summed E-state index contributed by atoms with van der Waals surface area (Å²) in [6.07, 6.45) is -10.3. The van der Waals surface area contributed by atoms with Crippen LogP contribution >= 0.6 is 11.8 Å². The van der Waals surface area contributed by atoms with E-state index in [1.165, 1.54) is 19.2 Å². The number of ether oxygens (including phenoxy) is 1. The lowest BCUT2D eigenvalue weighted by molar-refractivity contribution is -0.206. The molecule has 1 aliphatic rings. The van der Waals surface area contributed by atoms with E-state index in [0.717, 1.165) is 11.8 Å². The van der Waals surface area contributed by atoms with Crippen LogP contribution in [0.25, 0.3) is 0 Å². The Balaban J connectivity index is 2.74. The lowest BCUT2D eigenvalue weighted by Gasteiger charge is -2.36. The molecule has 4 unspecified atom stereocenters. The van der Waals surface area contributed by atoms with Gasteiger partial charge >= 0.3 is 11.3 Å². The second kappa shape index (κ2) is 7.48. The molecule has 0 aliphatic carbocycles. The molecule has 0 aromatic carbocycles. The molecule has 1 aliphatic heterocycles. The SMILES string of the molecule is C=[N+]=C(SC1CC(O)C(O)C(CC(F)(F)F)O1)N(C)OC. The Hall–Kier alpha value is -0.770. The molecule has 21 heavy (non-hydrogen) atoms. The van der Waals surface area contributed by atoms with Crippen molar-refractivity contribution in [3.8, 4) is 0 Å². The van der Waals surface area contributed by atoms with Gasteiger partial charge in [0.25, 0.3) is 0 Å². The van der Waals surface area contributed by atoms with E-state index < -0.39 is 36.3 Å². The summed E-state index contributed by atoms with van der Waals surface area (Å²) in [4.78, 5) is 4.89. The zero-order valence-corrected chi connectivity index (χ0v) is 12.4. The van der Waals surface area contributed by atoms with E-state index in [-0.39, 0.29) is 11.6 Å². The van der Waals surface area contributed by atoms with Crippen molar-refractivity contribution < 1.29 is 33.0 Å². The average molecular weight is 331 g/mol. The minimum Gasteiger partial charge on any atom is -0.390 e. The number of aliphatic hydroxyl groups excluding tert-OH is 2. The van der Waals surface area contributed by atoms with Crippen molar-refractivity contribution in [2.75, 3.05) is 14.2 Å². The van der Waals surface area contributed by atoms with Crippen molar-refractivity contribution in [2.45, 2.75) is 42.8 Å². The van der Waals surface area contributed by atoms with E-state index >= 15 is 0 Å². The molecule has 122 valence electrons. The van der Waals surface area contributed by atoms with Gasteiger partial charge in [0.15, 0.2) is 6.72 Å². The van der Waals surface area contributed by atoms with E-state index in [1.807, 2.05) is 0 Å². The fourth-order valence-corrected chi connectivity index (χ4v) is 2.82. The summed E-state index contributed by atoms with van der Waals surface area (Å²) in [6, 6.07) is 0. The molecule has 6 nitrogen and oxygen atoms in total. The zero-order chi connectivity index (χ0) is 16.2. The van der Waals surface area contributed by atoms with Gasteiger partial charge in [-0.1, -0.05) is 0 Å². The van der Waals surface area contributed by atoms with Crippen LogP contribution in [0.4, 0.5) is 13.2 Å². The third-order valence-corrected chi connectivity index (χ3v) is 4.05. The van der Waals surface area contributed by atoms with E-state index in [9.17, 15) is 23.4 Å². The van der Waals surface area contributed by atoms with Gasteiger partial charge in [0, 0.05) is 18.2 Å². The summed E-state index contributed by atoms with van der Waals surface area (Å²) in [5.41, 5.74) is -0.797. The molecule has 0 spiro atoms. The van der Waals surface area contributed by atoms with Crippen molar-refractivity contribution in [2.24, 2.45) is 0 Å². The predicted molar refractivity (Wildman–Crippen MR) is 72.6 cm³/mol. The van der Waals surface area contributed by atoms with Gasteiger partial charge in [0.05, 0.1) is 25.7 Å². The largest absolute Gasteiger partial charge is 0.437 e. The first kappa shape index (κ1) is 18.3. The molecule has 0 aromatic heterocycles. The lowest BCUT2D eigenvalue weighted by Crippen LogP contribution is -2.49. The highest BCUT2D eigenvalue weighted by atomic mass is 32.2. The van der Waals surface area contributed by atoms with Crippen LogP contribution in [0.3, 0.4) is 0 Å². The molecule has 10 heteroatoms. The maximum absolute atomic E-state index is 12.4. The molecule has 0 amide bonds. The highest BCUT2D eigenvalue weighted by molar-refractivity contribution is 8.14. The third-order valence-electron chi connectivity index (χ3n) is 2.88.